The van der Waals surface area contributed by atoms with E-state index in [0.29, 0.717) is 53.9 Å². The van der Waals surface area contributed by atoms with Crippen LogP contribution in [0.25, 0.3) is 0 Å². The molecule has 8 nitrogen and oxygen atoms in total. The number of benzene rings is 1. The molecule has 2 aromatic rings. The molecule has 2 amide bonds. The second kappa shape index (κ2) is 11.1. The summed E-state index contributed by atoms with van der Waals surface area (Å²) in [6.07, 6.45) is 3.76. The van der Waals surface area contributed by atoms with Crippen molar-refractivity contribution in [2.45, 2.75) is 88.5 Å². The number of aryl methyl sites for hydroxylation is 1. The van der Waals surface area contributed by atoms with E-state index in [1.165, 1.54) is 11.8 Å². The smallest absolute Gasteiger partial charge is 0.254 e. The number of hydrogen-bond acceptors (Lipinski definition) is 6. The summed E-state index contributed by atoms with van der Waals surface area (Å²) in [5.41, 5.74) is 1.86. The van der Waals surface area contributed by atoms with Crippen LogP contribution in [0.5, 0.6) is 11.5 Å². The van der Waals surface area contributed by atoms with Crippen LogP contribution >= 0.6 is 23.4 Å². The Bertz CT molecular complexity index is 1430. The summed E-state index contributed by atoms with van der Waals surface area (Å²) in [4.78, 5) is 41.9. The number of halogens is 3. The number of H-pyrrole nitrogens is 1. The molecule has 12 heteroatoms. The third-order valence-electron chi connectivity index (χ3n) is 8.44. The number of rotatable bonds is 7. The van der Waals surface area contributed by atoms with Gasteiger partial charge in [-0.25, -0.2) is 8.78 Å². The molecule has 5 rings (SSSR count). The highest BCUT2D eigenvalue weighted by atomic mass is 35.5. The van der Waals surface area contributed by atoms with E-state index in [2.05, 4.69) is 15.6 Å². The van der Waals surface area contributed by atoms with Gasteiger partial charge in [-0.05, 0) is 57.9 Å². The number of alkyl halides is 2. The molecule has 2 saturated carbocycles. The summed E-state index contributed by atoms with van der Waals surface area (Å²) in [6, 6.07) is 2.96. The number of amides is 2. The monoisotopic (exact) mass is 609 g/mol. The molecule has 222 valence electrons. The maximum atomic E-state index is 13.2. The number of aromatic nitrogens is 1. The minimum Gasteiger partial charge on any atom is -0.448 e. The molecule has 1 aromatic carbocycles. The van der Waals surface area contributed by atoms with E-state index in [1.54, 1.807) is 19.9 Å². The summed E-state index contributed by atoms with van der Waals surface area (Å²) in [7, 11) is 0. The molecule has 2 aliphatic carbocycles. The Morgan fingerprint density at radius 2 is 1.78 bits per heavy atom. The molecule has 3 N–H and O–H groups in total. The van der Waals surface area contributed by atoms with Gasteiger partial charge in [0.2, 0.25) is 5.91 Å². The molecule has 0 unspecified atom stereocenters. The van der Waals surface area contributed by atoms with Crippen molar-refractivity contribution < 1.29 is 27.8 Å². The number of carbonyl (C=O) groups is 2. The Kier molecular flexibility index (Phi) is 8.06. The lowest BCUT2D eigenvalue weighted by Crippen LogP contribution is -2.52. The number of fused-ring (bicyclic) bond motifs is 1. The van der Waals surface area contributed by atoms with Crippen LogP contribution in [0.15, 0.2) is 21.8 Å². The molecule has 3 aliphatic rings. The standard InChI is InChI=1S/C29H34ClF2N3O5S/c1-14-9-22(41-4)20(27(38)34-14)13-33-26(37)19-10-21(30)24-23(15(19)2)39-28(3,40-24)17-7-5-16(6-8-17)25(36)35-18-11-29(31,32)12-18/h9-10,16-18H,5-8,11-13H2,1-4H3,(H,33,37)(H,34,38)(H,35,36)/t16-,17-,28-/m1/s1. The predicted molar refractivity (Wildman–Crippen MR) is 152 cm³/mol. The first kappa shape index (κ1) is 29.7. The van der Waals surface area contributed by atoms with Crippen LogP contribution in [-0.4, -0.2) is 40.8 Å². The minimum absolute atomic E-state index is 0.0436. The lowest BCUT2D eigenvalue weighted by Gasteiger charge is -2.39. The van der Waals surface area contributed by atoms with Crippen LogP contribution in [0.4, 0.5) is 8.78 Å². The zero-order valence-electron chi connectivity index (χ0n) is 23.4. The van der Waals surface area contributed by atoms with Crippen molar-refractivity contribution in [2.24, 2.45) is 11.8 Å². The lowest BCUT2D eigenvalue weighted by atomic mass is 9.77. The Morgan fingerprint density at radius 1 is 1.12 bits per heavy atom. The van der Waals surface area contributed by atoms with Gasteiger partial charge in [-0.3, -0.25) is 14.4 Å². The normalized spacial score (nSPS) is 25.0. The van der Waals surface area contributed by atoms with Crippen molar-refractivity contribution in [3.63, 3.8) is 0 Å². The van der Waals surface area contributed by atoms with Gasteiger partial charge in [-0.1, -0.05) is 11.6 Å². The fourth-order valence-corrected chi connectivity index (χ4v) is 6.95. The summed E-state index contributed by atoms with van der Waals surface area (Å²) in [5, 5.41) is 5.82. The highest BCUT2D eigenvalue weighted by Crippen LogP contribution is 2.52. The number of ether oxygens (including phenoxy) is 2. The molecule has 0 saturated heterocycles. The maximum Gasteiger partial charge on any atom is 0.254 e. The third-order valence-corrected chi connectivity index (χ3v) is 9.53. The van der Waals surface area contributed by atoms with E-state index in [-0.39, 0.29) is 47.7 Å². The number of pyridine rings is 1. The Balaban J connectivity index is 1.23. The molecule has 0 spiro atoms. The SMILES string of the molecule is CSc1cc(C)[nH]c(=O)c1CNC(=O)c1cc(Cl)c2c(c1C)O[C@@](C)([C@H]1CC[C@H](C(=O)NC3CC(F)(F)C3)CC1)O2. The number of nitrogens with one attached hydrogen (secondary N) is 3. The first-order valence-electron chi connectivity index (χ1n) is 13.7. The Labute approximate surface area is 246 Å². The molecular weight excluding hydrogens is 576 g/mol. The van der Waals surface area contributed by atoms with Crippen LogP contribution in [0.1, 0.15) is 72.6 Å². The average molecular weight is 610 g/mol. The van der Waals surface area contributed by atoms with Crippen molar-refractivity contribution in [2.75, 3.05) is 6.26 Å². The van der Waals surface area contributed by atoms with E-state index in [1.807, 2.05) is 19.2 Å². The second-order valence-electron chi connectivity index (χ2n) is 11.4. The van der Waals surface area contributed by atoms with Crippen LogP contribution < -0.4 is 25.7 Å². The van der Waals surface area contributed by atoms with Gasteiger partial charge >= 0.3 is 0 Å². The molecule has 1 atom stereocenters. The van der Waals surface area contributed by atoms with Gasteiger partial charge in [0.05, 0.1) is 5.02 Å². The first-order chi connectivity index (χ1) is 19.3. The van der Waals surface area contributed by atoms with E-state index in [9.17, 15) is 23.2 Å². The van der Waals surface area contributed by atoms with Crippen LogP contribution in [-0.2, 0) is 11.3 Å². The third kappa shape index (κ3) is 5.93. The van der Waals surface area contributed by atoms with Gasteiger partial charge in [-0.15, -0.1) is 11.8 Å². The van der Waals surface area contributed by atoms with E-state index >= 15 is 0 Å². The molecule has 1 aliphatic heterocycles. The van der Waals surface area contributed by atoms with Crippen LogP contribution in [0.2, 0.25) is 5.02 Å². The molecule has 2 fully saturated rings. The molecule has 1 aromatic heterocycles. The highest BCUT2D eigenvalue weighted by molar-refractivity contribution is 7.98. The summed E-state index contributed by atoms with van der Waals surface area (Å²) in [5.74, 6) is -3.79. The summed E-state index contributed by atoms with van der Waals surface area (Å²) < 4.78 is 38.9. The van der Waals surface area contributed by atoms with Crippen molar-refractivity contribution in [3.05, 3.63) is 49.9 Å². The average Bonchev–Trinajstić information content (AvgIpc) is 3.28. The van der Waals surface area contributed by atoms with Gasteiger partial charge < -0.3 is 25.1 Å². The van der Waals surface area contributed by atoms with Gasteiger partial charge in [0.1, 0.15) is 0 Å². The van der Waals surface area contributed by atoms with Crippen LogP contribution in [0.3, 0.4) is 0 Å². The topological polar surface area (TPSA) is 110 Å². The van der Waals surface area contributed by atoms with Gasteiger partial charge in [-0.2, -0.15) is 0 Å². The largest absolute Gasteiger partial charge is 0.448 e. The van der Waals surface area contributed by atoms with Crippen LogP contribution in [0, 0.1) is 25.7 Å². The van der Waals surface area contributed by atoms with E-state index in [4.69, 9.17) is 21.1 Å². The highest BCUT2D eigenvalue weighted by Gasteiger charge is 2.49. The number of thioether (sulfide) groups is 1. The van der Waals surface area contributed by atoms with Crippen molar-refractivity contribution in [3.8, 4) is 11.5 Å². The van der Waals surface area contributed by atoms with E-state index < -0.39 is 23.7 Å². The molecule has 41 heavy (non-hydrogen) atoms. The molecule has 0 radical (unpaired) electrons. The molecule has 2 heterocycles. The Morgan fingerprint density at radius 3 is 2.41 bits per heavy atom. The van der Waals surface area contributed by atoms with Crippen molar-refractivity contribution in [1.82, 2.24) is 15.6 Å². The zero-order chi connectivity index (χ0) is 29.7. The molecule has 0 bridgehead atoms. The first-order valence-corrected chi connectivity index (χ1v) is 15.3. The van der Waals surface area contributed by atoms with Gasteiger partial charge in [0.25, 0.3) is 23.2 Å². The summed E-state index contributed by atoms with van der Waals surface area (Å²) in [6.45, 7) is 5.45. The zero-order valence-corrected chi connectivity index (χ0v) is 25.0. The minimum atomic E-state index is -2.67. The molecular formula is C29H34ClF2N3O5S. The van der Waals surface area contributed by atoms with E-state index in [0.717, 1.165) is 10.6 Å². The van der Waals surface area contributed by atoms with Crippen molar-refractivity contribution in [1.29, 1.82) is 0 Å². The van der Waals surface area contributed by atoms with Gasteiger partial charge in [0.15, 0.2) is 11.5 Å². The number of aromatic amines is 1. The fraction of sp³-hybridized carbons (Fsp3) is 0.552. The fourth-order valence-electron chi connectivity index (χ4n) is 6.01. The van der Waals surface area contributed by atoms with Gasteiger partial charge in [0, 0.05) is 71.5 Å². The summed E-state index contributed by atoms with van der Waals surface area (Å²) >= 11 is 8.00. The lowest BCUT2D eigenvalue weighted by molar-refractivity contribution is -0.140. The maximum absolute atomic E-state index is 13.2. The predicted octanol–water partition coefficient (Wildman–Crippen LogP) is 5.50. The second-order valence-corrected chi connectivity index (χ2v) is 12.7. The van der Waals surface area contributed by atoms with Crippen molar-refractivity contribution >= 4 is 35.2 Å². The number of carbonyl (C=O) groups excluding carboxylic acids is 2. The number of hydrogen-bond donors (Lipinski definition) is 3. The Hall–Kier alpha value is -2.79. The quantitative estimate of drug-likeness (QED) is 0.358.